The third-order valence-electron chi connectivity index (χ3n) is 6.31. The predicted octanol–water partition coefficient (Wildman–Crippen LogP) is 4.26. The lowest BCUT2D eigenvalue weighted by Gasteiger charge is -2.33. The number of nitrogens with zero attached hydrogens (tertiary/aromatic N) is 2. The molecular weight excluding hydrogens is 472 g/mol. The van der Waals surface area contributed by atoms with E-state index in [9.17, 15) is 9.59 Å². The van der Waals surface area contributed by atoms with E-state index in [4.69, 9.17) is 13.9 Å². The predicted molar refractivity (Wildman–Crippen MR) is 140 cm³/mol. The van der Waals surface area contributed by atoms with Gasteiger partial charge < -0.3 is 29.0 Å². The molecule has 0 bridgehead atoms. The first kappa shape index (κ1) is 24.5. The van der Waals surface area contributed by atoms with Crippen LogP contribution in [-0.4, -0.2) is 55.6 Å². The lowest BCUT2D eigenvalue weighted by molar-refractivity contribution is -0.116. The number of para-hydroxylation sites is 1. The molecule has 1 aromatic heterocycles. The van der Waals surface area contributed by atoms with Crippen molar-refractivity contribution in [3.8, 4) is 11.5 Å². The maximum absolute atomic E-state index is 13.9. The molecule has 2 aliphatic rings. The molecule has 2 N–H and O–H groups in total. The standard InChI is InChI=1S/C28H30N4O5/c1-18-27(20-10-11-22-24(15-20)36-17-35-22)32(14-6-8-19-7-4-5-9-21(19)29-18)28(34)23-12-13-26(37-23)30-25(33)16-31(2)3/h4-5,7,9-13,15,27,29H,1,6,8,14,16-17H2,2-3H3,(H,30,33). The first-order chi connectivity index (χ1) is 17.9. The van der Waals surface area contributed by atoms with E-state index in [0.29, 0.717) is 23.7 Å². The number of carbonyl (C=O) groups is 2. The highest BCUT2D eigenvalue weighted by Crippen LogP contribution is 2.39. The van der Waals surface area contributed by atoms with Gasteiger partial charge >= 0.3 is 0 Å². The number of hydrogen-bond donors (Lipinski definition) is 2. The van der Waals surface area contributed by atoms with Crippen LogP contribution < -0.4 is 20.1 Å². The largest absolute Gasteiger partial charge is 0.454 e. The van der Waals surface area contributed by atoms with Crippen LogP contribution in [0, 0.1) is 0 Å². The molecule has 9 nitrogen and oxygen atoms in total. The van der Waals surface area contributed by atoms with Crippen LogP contribution in [-0.2, 0) is 11.2 Å². The Balaban J connectivity index is 1.48. The van der Waals surface area contributed by atoms with Gasteiger partial charge in [0.25, 0.3) is 5.91 Å². The van der Waals surface area contributed by atoms with Gasteiger partial charge in [0.05, 0.1) is 12.6 Å². The van der Waals surface area contributed by atoms with Gasteiger partial charge in [0.1, 0.15) is 0 Å². The quantitative estimate of drug-likeness (QED) is 0.538. The lowest BCUT2D eigenvalue weighted by Crippen LogP contribution is -2.37. The highest BCUT2D eigenvalue weighted by molar-refractivity contribution is 5.94. The number of anilines is 2. The van der Waals surface area contributed by atoms with Gasteiger partial charge in [-0.15, -0.1) is 0 Å². The van der Waals surface area contributed by atoms with Crippen LogP contribution in [0.25, 0.3) is 0 Å². The summed E-state index contributed by atoms with van der Waals surface area (Å²) in [6.07, 6.45) is 1.53. The average molecular weight is 503 g/mol. The van der Waals surface area contributed by atoms with E-state index in [1.54, 1.807) is 36.0 Å². The van der Waals surface area contributed by atoms with Crippen molar-refractivity contribution in [2.24, 2.45) is 0 Å². The van der Waals surface area contributed by atoms with Crippen molar-refractivity contribution in [2.75, 3.05) is 44.6 Å². The van der Waals surface area contributed by atoms with Crippen LogP contribution in [0.15, 0.2) is 71.3 Å². The van der Waals surface area contributed by atoms with Crippen LogP contribution in [0.1, 0.15) is 34.1 Å². The fourth-order valence-electron chi connectivity index (χ4n) is 4.67. The maximum atomic E-state index is 13.9. The van der Waals surface area contributed by atoms with Gasteiger partial charge in [-0.3, -0.25) is 14.9 Å². The van der Waals surface area contributed by atoms with Crippen LogP contribution in [0.5, 0.6) is 11.5 Å². The first-order valence-electron chi connectivity index (χ1n) is 12.2. The number of benzene rings is 2. The van der Waals surface area contributed by atoms with Gasteiger partial charge in [-0.2, -0.15) is 0 Å². The van der Waals surface area contributed by atoms with E-state index in [1.807, 2.05) is 36.4 Å². The average Bonchev–Trinajstić information content (AvgIpc) is 3.53. The summed E-state index contributed by atoms with van der Waals surface area (Å²) in [6, 6.07) is 16.4. The number of aryl methyl sites for hydroxylation is 1. The zero-order chi connectivity index (χ0) is 25.9. The smallest absolute Gasteiger partial charge is 0.290 e. The van der Waals surface area contributed by atoms with E-state index < -0.39 is 6.04 Å². The SMILES string of the molecule is C=C1Nc2ccccc2CCCN(C(=O)c2ccc(NC(=O)CN(C)C)o2)C1c1ccc2c(c1)OCO2. The summed E-state index contributed by atoms with van der Waals surface area (Å²) in [5, 5.41) is 6.15. The van der Waals surface area contributed by atoms with Crippen LogP contribution in [0.2, 0.25) is 0 Å². The monoisotopic (exact) mass is 502 g/mol. The van der Waals surface area contributed by atoms with Gasteiger partial charge in [-0.25, -0.2) is 0 Å². The number of ether oxygens (including phenoxy) is 2. The van der Waals surface area contributed by atoms with Crippen molar-refractivity contribution in [1.29, 1.82) is 0 Å². The number of amides is 2. The summed E-state index contributed by atoms with van der Waals surface area (Å²) < 4.78 is 16.9. The molecule has 1 unspecified atom stereocenters. The van der Waals surface area contributed by atoms with E-state index in [-0.39, 0.29) is 36.8 Å². The second kappa shape index (κ2) is 10.4. The molecule has 0 saturated carbocycles. The van der Waals surface area contributed by atoms with E-state index in [0.717, 1.165) is 29.7 Å². The fourth-order valence-corrected chi connectivity index (χ4v) is 4.67. The Morgan fingerprint density at radius 3 is 2.76 bits per heavy atom. The van der Waals surface area contributed by atoms with Crippen LogP contribution in [0.3, 0.4) is 0 Å². The van der Waals surface area contributed by atoms with Gasteiger partial charge in [0, 0.05) is 24.0 Å². The van der Waals surface area contributed by atoms with E-state index in [2.05, 4.69) is 23.3 Å². The number of carbonyl (C=O) groups excluding carboxylic acids is 2. The summed E-state index contributed by atoms with van der Waals surface area (Å²) in [5.74, 6) is 1.12. The second-order valence-corrected chi connectivity index (χ2v) is 9.37. The first-order valence-corrected chi connectivity index (χ1v) is 12.2. The molecule has 37 heavy (non-hydrogen) atoms. The normalized spacial score (nSPS) is 16.9. The Morgan fingerprint density at radius 2 is 1.92 bits per heavy atom. The molecule has 0 radical (unpaired) electrons. The molecule has 9 heteroatoms. The zero-order valence-electron chi connectivity index (χ0n) is 21.0. The van der Waals surface area contributed by atoms with Gasteiger partial charge in [0.2, 0.25) is 12.7 Å². The van der Waals surface area contributed by atoms with E-state index >= 15 is 0 Å². The van der Waals surface area contributed by atoms with Gasteiger partial charge in [0.15, 0.2) is 23.1 Å². The summed E-state index contributed by atoms with van der Waals surface area (Å²) >= 11 is 0. The van der Waals surface area contributed by atoms with Crippen molar-refractivity contribution >= 4 is 23.4 Å². The molecule has 1 atom stereocenters. The molecule has 2 aromatic carbocycles. The highest BCUT2D eigenvalue weighted by atomic mass is 16.7. The molecule has 0 saturated heterocycles. The Kier molecular flexibility index (Phi) is 6.87. The number of fused-ring (bicyclic) bond motifs is 2. The number of nitrogens with one attached hydrogen (secondary N) is 2. The van der Waals surface area contributed by atoms with Crippen molar-refractivity contribution < 1.29 is 23.5 Å². The van der Waals surface area contributed by atoms with Crippen molar-refractivity contribution in [1.82, 2.24) is 9.80 Å². The van der Waals surface area contributed by atoms with Gasteiger partial charge in [-0.1, -0.05) is 30.8 Å². The van der Waals surface area contributed by atoms with Crippen molar-refractivity contribution in [3.63, 3.8) is 0 Å². The summed E-state index contributed by atoms with van der Waals surface area (Å²) in [4.78, 5) is 29.5. The molecule has 2 amide bonds. The van der Waals surface area contributed by atoms with Crippen LogP contribution in [0.4, 0.5) is 11.6 Å². The number of hydrogen-bond acceptors (Lipinski definition) is 7. The topological polar surface area (TPSA) is 96.3 Å². The summed E-state index contributed by atoms with van der Waals surface area (Å²) in [5.41, 5.74) is 3.61. The number of furan rings is 1. The zero-order valence-corrected chi connectivity index (χ0v) is 21.0. The van der Waals surface area contributed by atoms with Gasteiger partial charge in [-0.05, 0) is 62.3 Å². The molecule has 3 heterocycles. The molecule has 2 aliphatic heterocycles. The van der Waals surface area contributed by atoms with Crippen molar-refractivity contribution in [2.45, 2.75) is 18.9 Å². The van der Waals surface area contributed by atoms with Crippen molar-refractivity contribution in [3.05, 3.63) is 83.8 Å². The molecule has 0 fully saturated rings. The minimum absolute atomic E-state index is 0.135. The lowest BCUT2D eigenvalue weighted by atomic mass is 10.0. The molecule has 0 spiro atoms. The maximum Gasteiger partial charge on any atom is 0.290 e. The molecule has 3 aromatic rings. The Morgan fingerprint density at radius 1 is 1.11 bits per heavy atom. The summed E-state index contributed by atoms with van der Waals surface area (Å²) in [7, 11) is 3.60. The Labute approximate surface area is 215 Å². The summed E-state index contributed by atoms with van der Waals surface area (Å²) in [6.45, 7) is 5.17. The second-order valence-electron chi connectivity index (χ2n) is 9.37. The number of likely N-dealkylation sites (N-methyl/N-ethyl adjacent to an activating group) is 1. The minimum atomic E-state index is -0.509. The highest BCUT2D eigenvalue weighted by Gasteiger charge is 2.32. The Bertz CT molecular complexity index is 1330. The fraction of sp³-hybridized carbons (Fsp3) is 0.286. The molecule has 0 aliphatic carbocycles. The minimum Gasteiger partial charge on any atom is -0.454 e. The molecule has 5 rings (SSSR count). The molecule has 192 valence electrons. The third-order valence-corrected chi connectivity index (χ3v) is 6.31. The van der Waals surface area contributed by atoms with E-state index in [1.165, 1.54) is 0 Å². The van der Waals surface area contributed by atoms with Crippen LogP contribution >= 0.6 is 0 Å². The number of rotatable bonds is 5. The molecular formula is C28H30N4O5. The Hall–Kier alpha value is -4.24. The third kappa shape index (κ3) is 5.31.